The number of aliphatic hydroxyl groups is 1. The zero-order valence-corrected chi connectivity index (χ0v) is 9.35. The summed E-state index contributed by atoms with van der Waals surface area (Å²) in [5, 5.41) is 9.33. The van der Waals surface area contributed by atoms with Gasteiger partial charge in [-0.05, 0) is 25.9 Å². The Kier molecular flexibility index (Phi) is 6.92. The number of nitrogens with zero attached hydrogens (tertiary/aromatic N) is 1. The highest BCUT2D eigenvalue weighted by Gasteiger charge is 2.27. The standard InChI is InChI=1S/C10H20F3NO/c1-3-14(4-2)8-6-9(15)5-7-10(11,12)13/h9,15H,3-8H2,1-2H3. The van der Waals surface area contributed by atoms with Gasteiger partial charge in [0.15, 0.2) is 0 Å². The van der Waals surface area contributed by atoms with Crippen molar-refractivity contribution >= 4 is 0 Å². The number of aliphatic hydroxyl groups excluding tert-OH is 1. The van der Waals surface area contributed by atoms with Crippen molar-refractivity contribution < 1.29 is 18.3 Å². The van der Waals surface area contributed by atoms with E-state index < -0.39 is 18.7 Å². The van der Waals surface area contributed by atoms with E-state index in [1.165, 1.54) is 0 Å². The highest BCUT2D eigenvalue weighted by atomic mass is 19.4. The van der Waals surface area contributed by atoms with Gasteiger partial charge in [0.05, 0.1) is 6.10 Å². The molecular weight excluding hydrogens is 207 g/mol. The van der Waals surface area contributed by atoms with Crippen LogP contribution in [0, 0.1) is 0 Å². The number of halogens is 3. The first-order valence-corrected chi connectivity index (χ1v) is 5.36. The summed E-state index contributed by atoms with van der Waals surface area (Å²) in [4.78, 5) is 2.08. The van der Waals surface area contributed by atoms with Gasteiger partial charge in [0.1, 0.15) is 0 Å². The lowest BCUT2D eigenvalue weighted by atomic mass is 10.1. The molecule has 5 heteroatoms. The van der Waals surface area contributed by atoms with E-state index in [4.69, 9.17) is 0 Å². The zero-order valence-electron chi connectivity index (χ0n) is 9.35. The Bertz CT molecular complexity index is 157. The fraction of sp³-hybridized carbons (Fsp3) is 1.00. The monoisotopic (exact) mass is 227 g/mol. The van der Waals surface area contributed by atoms with Crippen molar-refractivity contribution in [1.82, 2.24) is 4.90 Å². The topological polar surface area (TPSA) is 23.5 Å². The van der Waals surface area contributed by atoms with Gasteiger partial charge in [-0.25, -0.2) is 0 Å². The summed E-state index contributed by atoms with van der Waals surface area (Å²) < 4.78 is 35.5. The molecule has 1 unspecified atom stereocenters. The van der Waals surface area contributed by atoms with Crippen molar-refractivity contribution in [3.05, 3.63) is 0 Å². The Morgan fingerprint density at radius 1 is 1.13 bits per heavy atom. The minimum atomic E-state index is -4.16. The van der Waals surface area contributed by atoms with E-state index in [2.05, 4.69) is 4.90 Å². The summed E-state index contributed by atoms with van der Waals surface area (Å²) in [6.07, 6.45) is -5.67. The van der Waals surface area contributed by atoms with Crippen LogP contribution in [0.4, 0.5) is 13.2 Å². The van der Waals surface area contributed by atoms with Crippen molar-refractivity contribution in [1.29, 1.82) is 0 Å². The minimum Gasteiger partial charge on any atom is -0.393 e. The van der Waals surface area contributed by atoms with Gasteiger partial charge in [-0.15, -0.1) is 0 Å². The van der Waals surface area contributed by atoms with Crippen molar-refractivity contribution in [2.24, 2.45) is 0 Å². The van der Waals surface area contributed by atoms with Gasteiger partial charge in [-0.1, -0.05) is 13.8 Å². The lowest BCUT2D eigenvalue weighted by Crippen LogP contribution is -2.27. The van der Waals surface area contributed by atoms with Crippen LogP contribution in [-0.2, 0) is 0 Å². The summed E-state index contributed by atoms with van der Waals surface area (Å²) >= 11 is 0. The molecule has 0 aromatic rings. The number of rotatable bonds is 7. The average molecular weight is 227 g/mol. The van der Waals surface area contributed by atoms with E-state index in [9.17, 15) is 18.3 Å². The van der Waals surface area contributed by atoms with Gasteiger partial charge >= 0.3 is 6.18 Å². The number of hydrogen-bond donors (Lipinski definition) is 1. The molecule has 92 valence electrons. The minimum absolute atomic E-state index is 0.190. The summed E-state index contributed by atoms with van der Waals surface area (Å²) in [5.41, 5.74) is 0. The van der Waals surface area contributed by atoms with E-state index in [-0.39, 0.29) is 6.42 Å². The van der Waals surface area contributed by atoms with E-state index >= 15 is 0 Å². The third-order valence-electron chi connectivity index (χ3n) is 2.43. The Labute approximate surface area is 89.1 Å². The highest BCUT2D eigenvalue weighted by molar-refractivity contribution is 4.63. The largest absolute Gasteiger partial charge is 0.393 e. The van der Waals surface area contributed by atoms with Crippen molar-refractivity contribution in [3.63, 3.8) is 0 Å². The quantitative estimate of drug-likeness (QED) is 0.722. The third-order valence-corrected chi connectivity index (χ3v) is 2.43. The molecule has 0 amide bonds. The molecule has 0 aliphatic rings. The maximum Gasteiger partial charge on any atom is 0.389 e. The van der Waals surface area contributed by atoms with E-state index in [0.29, 0.717) is 13.0 Å². The fourth-order valence-electron chi connectivity index (χ4n) is 1.35. The van der Waals surface area contributed by atoms with Crippen molar-refractivity contribution in [3.8, 4) is 0 Å². The van der Waals surface area contributed by atoms with Gasteiger partial charge in [0, 0.05) is 13.0 Å². The first-order chi connectivity index (χ1) is 6.89. The molecular formula is C10H20F3NO. The van der Waals surface area contributed by atoms with E-state index in [1.807, 2.05) is 13.8 Å². The second-order valence-corrected chi connectivity index (χ2v) is 3.62. The smallest absolute Gasteiger partial charge is 0.389 e. The maximum absolute atomic E-state index is 11.8. The lowest BCUT2D eigenvalue weighted by molar-refractivity contribution is -0.140. The van der Waals surface area contributed by atoms with Crippen molar-refractivity contribution in [2.45, 2.75) is 45.4 Å². The van der Waals surface area contributed by atoms with Crippen LogP contribution in [0.5, 0.6) is 0 Å². The van der Waals surface area contributed by atoms with Gasteiger partial charge in [-0.3, -0.25) is 0 Å². The molecule has 0 aromatic heterocycles. The molecule has 0 aromatic carbocycles. The molecule has 1 N–H and O–H groups in total. The first-order valence-electron chi connectivity index (χ1n) is 5.36. The van der Waals surface area contributed by atoms with Crippen LogP contribution in [-0.4, -0.2) is 41.9 Å². The van der Waals surface area contributed by atoms with E-state index in [1.54, 1.807) is 0 Å². The molecule has 0 spiro atoms. The Morgan fingerprint density at radius 2 is 1.67 bits per heavy atom. The maximum atomic E-state index is 11.8. The zero-order chi connectivity index (χ0) is 11.9. The molecule has 0 fully saturated rings. The molecule has 0 rings (SSSR count). The van der Waals surface area contributed by atoms with Gasteiger partial charge in [-0.2, -0.15) is 13.2 Å². The summed E-state index contributed by atoms with van der Waals surface area (Å²) in [6, 6.07) is 0. The summed E-state index contributed by atoms with van der Waals surface area (Å²) in [6.45, 7) is 6.37. The predicted octanol–water partition coefficient (Wildman–Crippen LogP) is 2.42. The van der Waals surface area contributed by atoms with Crippen LogP contribution in [0.25, 0.3) is 0 Å². The van der Waals surface area contributed by atoms with Crippen LogP contribution in [0.2, 0.25) is 0 Å². The van der Waals surface area contributed by atoms with Crippen LogP contribution in [0.15, 0.2) is 0 Å². The molecule has 0 aliphatic carbocycles. The Hall–Kier alpha value is -0.290. The second-order valence-electron chi connectivity index (χ2n) is 3.62. The van der Waals surface area contributed by atoms with Gasteiger partial charge in [0.25, 0.3) is 0 Å². The molecule has 0 saturated carbocycles. The molecule has 0 aliphatic heterocycles. The molecule has 0 radical (unpaired) electrons. The Balaban J connectivity index is 3.61. The normalized spacial score (nSPS) is 14.6. The van der Waals surface area contributed by atoms with Crippen molar-refractivity contribution in [2.75, 3.05) is 19.6 Å². The molecule has 2 nitrogen and oxygen atoms in total. The number of hydrogen-bond acceptors (Lipinski definition) is 2. The summed E-state index contributed by atoms with van der Waals surface area (Å²) in [5.74, 6) is 0. The third kappa shape index (κ3) is 8.69. The van der Waals surface area contributed by atoms with E-state index in [0.717, 1.165) is 13.1 Å². The van der Waals surface area contributed by atoms with Gasteiger partial charge in [0.2, 0.25) is 0 Å². The lowest BCUT2D eigenvalue weighted by Gasteiger charge is -2.20. The SMILES string of the molecule is CCN(CC)CCC(O)CCC(F)(F)F. The van der Waals surface area contributed by atoms with Crippen LogP contribution in [0.1, 0.15) is 33.1 Å². The predicted molar refractivity (Wildman–Crippen MR) is 53.7 cm³/mol. The molecule has 1 atom stereocenters. The molecule has 0 saturated heterocycles. The molecule has 15 heavy (non-hydrogen) atoms. The molecule has 0 bridgehead atoms. The average Bonchev–Trinajstić information content (AvgIpc) is 2.15. The Morgan fingerprint density at radius 3 is 2.07 bits per heavy atom. The van der Waals surface area contributed by atoms with Crippen LogP contribution < -0.4 is 0 Å². The first kappa shape index (κ1) is 14.7. The fourth-order valence-corrected chi connectivity index (χ4v) is 1.35. The molecule has 0 heterocycles. The number of alkyl halides is 3. The highest BCUT2D eigenvalue weighted by Crippen LogP contribution is 2.22. The van der Waals surface area contributed by atoms with Crippen LogP contribution >= 0.6 is 0 Å². The summed E-state index contributed by atoms with van der Waals surface area (Å²) in [7, 11) is 0. The second kappa shape index (κ2) is 7.06. The van der Waals surface area contributed by atoms with Crippen LogP contribution in [0.3, 0.4) is 0 Å². The van der Waals surface area contributed by atoms with Gasteiger partial charge < -0.3 is 10.0 Å².